The third-order valence-electron chi connectivity index (χ3n) is 3.71. The fourth-order valence-corrected chi connectivity index (χ4v) is 2.93. The van der Waals surface area contributed by atoms with E-state index < -0.39 is 5.97 Å². The van der Waals surface area contributed by atoms with Crippen molar-refractivity contribution in [1.82, 2.24) is 10.3 Å². The summed E-state index contributed by atoms with van der Waals surface area (Å²) in [5.74, 6) is -0.393. The molecule has 1 atom stereocenters. The molecular formula is C15H17ClN2O3. The molecule has 2 N–H and O–H groups in total. The van der Waals surface area contributed by atoms with Gasteiger partial charge in [-0.05, 0) is 24.1 Å². The van der Waals surface area contributed by atoms with Gasteiger partial charge in [-0.1, -0.05) is 11.6 Å². The summed E-state index contributed by atoms with van der Waals surface area (Å²) < 4.78 is 10.3. The van der Waals surface area contributed by atoms with Crippen molar-refractivity contribution in [2.75, 3.05) is 26.9 Å². The second kappa shape index (κ2) is 6.05. The first-order valence-corrected chi connectivity index (χ1v) is 7.26. The Morgan fingerprint density at radius 1 is 1.52 bits per heavy atom. The minimum absolute atomic E-state index is 0.276. The zero-order valence-electron chi connectivity index (χ0n) is 11.7. The Morgan fingerprint density at radius 2 is 2.38 bits per heavy atom. The number of carbonyl (C=O) groups excluding carboxylic acids is 1. The molecule has 6 heteroatoms. The highest BCUT2D eigenvalue weighted by atomic mass is 35.5. The number of carbonyl (C=O) groups is 1. The standard InChI is InChI=1S/C15H17ClN2O3/c1-20-15(19)13-6-10(16)5-12-9(7-18-14(12)13)4-11-8-21-3-2-17-11/h5-7,11,17-18H,2-4,8H2,1H3/t11-/m0/s1. The Morgan fingerprint density at radius 3 is 3.10 bits per heavy atom. The van der Waals surface area contributed by atoms with Gasteiger partial charge in [-0.15, -0.1) is 0 Å². The van der Waals surface area contributed by atoms with Gasteiger partial charge in [0.2, 0.25) is 0 Å². The lowest BCUT2D eigenvalue weighted by molar-refractivity contribution is 0.0603. The SMILES string of the molecule is COC(=O)c1cc(Cl)cc2c(C[C@H]3COCCN3)c[nH]c12. The average Bonchev–Trinajstić information content (AvgIpc) is 2.89. The normalized spacial score (nSPS) is 18.9. The van der Waals surface area contributed by atoms with Crippen LogP contribution in [0.4, 0.5) is 0 Å². The molecule has 5 nitrogen and oxygen atoms in total. The maximum Gasteiger partial charge on any atom is 0.340 e. The maximum atomic E-state index is 11.8. The predicted octanol–water partition coefficient (Wildman–Crippen LogP) is 2.14. The summed E-state index contributed by atoms with van der Waals surface area (Å²) in [4.78, 5) is 15.0. The average molecular weight is 309 g/mol. The van der Waals surface area contributed by atoms with Crippen LogP contribution < -0.4 is 5.32 Å². The number of esters is 1. The Bertz CT molecular complexity index is 662. The fourth-order valence-electron chi connectivity index (χ4n) is 2.71. The Hall–Kier alpha value is -1.56. The van der Waals surface area contributed by atoms with Crippen LogP contribution in [0.25, 0.3) is 10.9 Å². The maximum absolute atomic E-state index is 11.8. The molecule has 112 valence electrons. The van der Waals surface area contributed by atoms with Crippen LogP contribution in [0.15, 0.2) is 18.3 Å². The molecule has 0 radical (unpaired) electrons. The van der Waals surface area contributed by atoms with E-state index in [1.54, 1.807) is 6.07 Å². The molecule has 1 aliphatic heterocycles. The van der Waals surface area contributed by atoms with Crippen LogP contribution in [0.1, 0.15) is 15.9 Å². The molecule has 1 aromatic heterocycles. The van der Waals surface area contributed by atoms with E-state index >= 15 is 0 Å². The number of aromatic nitrogens is 1. The zero-order chi connectivity index (χ0) is 14.8. The molecule has 0 spiro atoms. The third-order valence-corrected chi connectivity index (χ3v) is 3.93. The lowest BCUT2D eigenvalue weighted by atomic mass is 10.0. The number of hydrogen-bond donors (Lipinski definition) is 2. The van der Waals surface area contributed by atoms with Gasteiger partial charge in [0.05, 0.1) is 31.4 Å². The molecule has 2 heterocycles. The van der Waals surface area contributed by atoms with Gasteiger partial charge in [-0.25, -0.2) is 4.79 Å². The molecule has 0 saturated carbocycles. The predicted molar refractivity (Wildman–Crippen MR) is 81.0 cm³/mol. The first-order chi connectivity index (χ1) is 10.2. The summed E-state index contributed by atoms with van der Waals surface area (Å²) in [5.41, 5.74) is 2.33. The topological polar surface area (TPSA) is 63.4 Å². The number of morpholine rings is 1. The van der Waals surface area contributed by atoms with Crippen LogP contribution in [-0.4, -0.2) is 43.9 Å². The van der Waals surface area contributed by atoms with Crippen LogP contribution in [0.2, 0.25) is 5.02 Å². The van der Waals surface area contributed by atoms with Crippen LogP contribution in [0, 0.1) is 0 Å². The molecule has 1 fully saturated rings. The van der Waals surface area contributed by atoms with Gasteiger partial charge in [0.15, 0.2) is 0 Å². The first-order valence-electron chi connectivity index (χ1n) is 6.88. The van der Waals surface area contributed by atoms with Crippen LogP contribution in [-0.2, 0) is 15.9 Å². The lowest BCUT2D eigenvalue weighted by Crippen LogP contribution is -2.42. The number of aromatic amines is 1. The van der Waals surface area contributed by atoms with Crippen LogP contribution >= 0.6 is 11.6 Å². The van der Waals surface area contributed by atoms with Gasteiger partial charge >= 0.3 is 5.97 Å². The molecule has 1 aliphatic rings. The number of benzene rings is 1. The molecule has 2 aromatic rings. The number of hydrogen-bond acceptors (Lipinski definition) is 4. The van der Waals surface area contributed by atoms with E-state index in [4.69, 9.17) is 21.1 Å². The van der Waals surface area contributed by atoms with Gasteiger partial charge in [0.1, 0.15) is 0 Å². The second-order valence-corrected chi connectivity index (χ2v) is 5.55. The molecule has 0 amide bonds. The molecule has 1 saturated heterocycles. The third kappa shape index (κ3) is 2.90. The molecule has 0 aliphatic carbocycles. The van der Waals surface area contributed by atoms with Crippen molar-refractivity contribution in [3.63, 3.8) is 0 Å². The van der Waals surface area contributed by atoms with Crippen molar-refractivity contribution in [1.29, 1.82) is 0 Å². The number of rotatable bonds is 3. The highest BCUT2D eigenvalue weighted by Crippen LogP contribution is 2.27. The first kappa shape index (κ1) is 14.4. The number of fused-ring (bicyclic) bond motifs is 1. The van der Waals surface area contributed by atoms with Crippen molar-refractivity contribution >= 4 is 28.5 Å². The van der Waals surface area contributed by atoms with Gasteiger partial charge in [-0.3, -0.25) is 0 Å². The summed E-state index contributed by atoms with van der Waals surface area (Å²) in [6.45, 7) is 2.31. The summed E-state index contributed by atoms with van der Waals surface area (Å²) in [7, 11) is 1.36. The smallest absolute Gasteiger partial charge is 0.340 e. The Labute approximate surface area is 127 Å². The van der Waals surface area contributed by atoms with Gasteiger partial charge < -0.3 is 19.8 Å². The molecule has 0 unspecified atom stereocenters. The van der Waals surface area contributed by atoms with Crippen molar-refractivity contribution in [2.24, 2.45) is 0 Å². The number of methoxy groups -OCH3 is 1. The molecule has 1 aromatic carbocycles. The Balaban J connectivity index is 1.97. The summed E-state index contributed by atoms with van der Waals surface area (Å²) >= 11 is 6.13. The van der Waals surface area contributed by atoms with Crippen LogP contribution in [0.3, 0.4) is 0 Å². The quantitative estimate of drug-likeness (QED) is 0.853. The van der Waals surface area contributed by atoms with Crippen molar-refractivity contribution in [3.8, 4) is 0 Å². The highest BCUT2D eigenvalue weighted by Gasteiger charge is 2.19. The van der Waals surface area contributed by atoms with Gasteiger partial charge in [0.25, 0.3) is 0 Å². The molecule has 0 bridgehead atoms. The van der Waals surface area contributed by atoms with Gasteiger partial charge in [0, 0.05) is 29.2 Å². The monoisotopic (exact) mass is 308 g/mol. The lowest BCUT2D eigenvalue weighted by Gasteiger charge is -2.23. The number of nitrogens with one attached hydrogen (secondary N) is 2. The van der Waals surface area contributed by atoms with E-state index in [9.17, 15) is 4.79 Å². The minimum atomic E-state index is -0.393. The van der Waals surface area contributed by atoms with Crippen LogP contribution in [0.5, 0.6) is 0 Å². The highest BCUT2D eigenvalue weighted by molar-refractivity contribution is 6.32. The van der Waals surface area contributed by atoms with Crippen molar-refractivity contribution in [2.45, 2.75) is 12.5 Å². The van der Waals surface area contributed by atoms with Gasteiger partial charge in [-0.2, -0.15) is 0 Å². The zero-order valence-corrected chi connectivity index (χ0v) is 12.5. The largest absolute Gasteiger partial charge is 0.465 e. The Kier molecular flexibility index (Phi) is 4.14. The molecular weight excluding hydrogens is 292 g/mol. The minimum Gasteiger partial charge on any atom is -0.465 e. The van der Waals surface area contributed by atoms with E-state index in [1.165, 1.54) is 7.11 Å². The second-order valence-electron chi connectivity index (χ2n) is 5.11. The number of ether oxygens (including phenoxy) is 2. The number of halogens is 1. The fraction of sp³-hybridized carbons (Fsp3) is 0.400. The van der Waals surface area contributed by atoms with E-state index in [0.29, 0.717) is 17.2 Å². The molecule has 3 rings (SSSR count). The van der Waals surface area contributed by atoms with Crippen molar-refractivity contribution < 1.29 is 14.3 Å². The summed E-state index contributed by atoms with van der Waals surface area (Å²) in [6.07, 6.45) is 2.74. The molecule has 21 heavy (non-hydrogen) atoms. The van der Waals surface area contributed by atoms with E-state index in [0.717, 1.165) is 36.0 Å². The summed E-state index contributed by atoms with van der Waals surface area (Å²) in [6, 6.07) is 3.77. The van der Waals surface area contributed by atoms with Crippen molar-refractivity contribution in [3.05, 3.63) is 34.5 Å². The van der Waals surface area contributed by atoms with E-state index in [1.807, 2.05) is 12.3 Å². The number of H-pyrrole nitrogens is 1. The van der Waals surface area contributed by atoms with E-state index in [-0.39, 0.29) is 6.04 Å². The summed E-state index contributed by atoms with van der Waals surface area (Å²) in [5, 5.41) is 4.90. The van der Waals surface area contributed by atoms with E-state index in [2.05, 4.69) is 10.3 Å².